The van der Waals surface area contributed by atoms with E-state index in [9.17, 15) is 4.79 Å². The molecule has 108 valence electrons. The van der Waals surface area contributed by atoms with Crippen LogP contribution in [0.25, 0.3) is 0 Å². The normalized spacial score (nSPS) is 12.4. The summed E-state index contributed by atoms with van der Waals surface area (Å²) in [5.74, 6) is 0. The molecule has 0 aliphatic rings. The predicted octanol–water partition coefficient (Wildman–Crippen LogP) is 2.03. The Hall–Kier alpha value is -0.810. The predicted molar refractivity (Wildman–Crippen MR) is 70.6 cm³/mol. The topological polar surface area (TPSA) is 59.0 Å². The van der Waals surface area contributed by atoms with E-state index in [1.807, 2.05) is 34.6 Å². The van der Waals surface area contributed by atoms with E-state index in [1.54, 1.807) is 7.05 Å². The van der Waals surface area contributed by atoms with Crippen LogP contribution in [0, 0.1) is 0 Å². The second kappa shape index (κ2) is 6.95. The van der Waals surface area contributed by atoms with Crippen molar-refractivity contribution in [2.45, 2.75) is 52.2 Å². The second-order valence-corrected chi connectivity index (χ2v) is 5.98. The number of aliphatic hydroxyl groups excluding tert-OH is 1. The molecule has 0 fully saturated rings. The molecule has 1 amide bonds. The van der Waals surface area contributed by atoms with Gasteiger partial charge in [-0.1, -0.05) is 0 Å². The molecule has 0 heterocycles. The third-order valence-electron chi connectivity index (χ3n) is 2.34. The molecule has 0 saturated carbocycles. The number of aliphatic hydroxyl groups is 1. The van der Waals surface area contributed by atoms with Gasteiger partial charge in [0.1, 0.15) is 5.60 Å². The Bertz CT molecular complexity index is 258. The summed E-state index contributed by atoms with van der Waals surface area (Å²) < 4.78 is 10.7. The zero-order chi connectivity index (χ0) is 14.4. The van der Waals surface area contributed by atoms with Gasteiger partial charge in [0.05, 0.1) is 18.8 Å². The van der Waals surface area contributed by atoms with E-state index in [-0.39, 0.29) is 18.3 Å². The second-order valence-electron chi connectivity index (χ2n) is 5.98. The van der Waals surface area contributed by atoms with E-state index in [2.05, 4.69) is 0 Å². The third kappa shape index (κ3) is 8.31. The Morgan fingerprint density at radius 1 is 1.22 bits per heavy atom. The van der Waals surface area contributed by atoms with Crippen molar-refractivity contribution >= 4 is 6.09 Å². The molecule has 0 aromatic rings. The number of amides is 1. The molecule has 1 N–H and O–H groups in total. The molecule has 0 aromatic heterocycles. The molecular weight excluding hydrogens is 234 g/mol. The molecule has 0 saturated heterocycles. The molecular formula is C13H27NO4. The van der Waals surface area contributed by atoms with Gasteiger partial charge in [-0.3, -0.25) is 0 Å². The fourth-order valence-electron chi connectivity index (χ4n) is 1.26. The molecule has 0 unspecified atom stereocenters. The van der Waals surface area contributed by atoms with E-state index < -0.39 is 5.60 Å². The molecule has 5 heteroatoms. The van der Waals surface area contributed by atoms with Crippen LogP contribution in [0.2, 0.25) is 0 Å². The molecule has 5 nitrogen and oxygen atoms in total. The lowest BCUT2D eigenvalue weighted by Crippen LogP contribution is -2.38. The molecule has 0 spiro atoms. The molecule has 0 aliphatic heterocycles. The van der Waals surface area contributed by atoms with Crippen LogP contribution in [0.5, 0.6) is 0 Å². The average molecular weight is 261 g/mol. The van der Waals surface area contributed by atoms with Gasteiger partial charge in [-0.25, -0.2) is 4.79 Å². The summed E-state index contributed by atoms with van der Waals surface area (Å²) in [7, 11) is 1.70. The van der Waals surface area contributed by atoms with Crippen LogP contribution in [0.1, 0.15) is 41.0 Å². The van der Waals surface area contributed by atoms with Crippen LogP contribution >= 0.6 is 0 Å². The number of nitrogens with zero attached hydrogens (tertiary/aromatic N) is 1. The first-order valence-electron chi connectivity index (χ1n) is 6.26. The van der Waals surface area contributed by atoms with Gasteiger partial charge in [0.2, 0.25) is 0 Å². The lowest BCUT2D eigenvalue weighted by molar-refractivity contribution is -0.0428. The standard InChI is InChI=1S/C13H27NO4/c1-12(2,3)18-11(16)14(6)8-7-13(4,5)17-10-9-15/h15H,7-10H2,1-6H3. The Morgan fingerprint density at radius 3 is 2.22 bits per heavy atom. The monoisotopic (exact) mass is 261 g/mol. The van der Waals surface area contributed by atoms with Gasteiger partial charge >= 0.3 is 6.09 Å². The van der Waals surface area contributed by atoms with Crippen molar-refractivity contribution in [3.8, 4) is 0 Å². The largest absolute Gasteiger partial charge is 0.444 e. The SMILES string of the molecule is CN(CCC(C)(C)OCCO)C(=O)OC(C)(C)C. The fraction of sp³-hybridized carbons (Fsp3) is 0.923. The van der Waals surface area contributed by atoms with Gasteiger partial charge in [-0.15, -0.1) is 0 Å². The quantitative estimate of drug-likeness (QED) is 0.795. The Balaban J connectivity index is 4.09. The van der Waals surface area contributed by atoms with Crippen molar-refractivity contribution in [2.24, 2.45) is 0 Å². The molecule has 0 bridgehead atoms. The highest BCUT2D eigenvalue weighted by atomic mass is 16.6. The first kappa shape index (κ1) is 17.2. The first-order chi connectivity index (χ1) is 8.07. The highest BCUT2D eigenvalue weighted by Gasteiger charge is 2.23. The molecule has 0 radical (unpaired) electrons. The number of hydrogen-bond acceptors (Lipinski definition) is 4. The van der Waals surface area contributed by atoms with E-state index in [4.69, 9.17) is 14.6 Å². The van der Waals surface area contributed by atoms with Crippen molar-refractivity contribution in [3.05, 3.63) is 0 Å². The highest BCUT2D eigenvalue weighted by molar-refractivity contribution is 5.67. The summed E-state index contributed by atoms with van der Waals surface area (Å²) in [5, 5.41) is 8.71. The molecule has 18 heavy (non-hydrogen) atoms. The van der Waals surface area contributed by atoms with Gasteiger partial charge in [0.15, 0.2) is 0 Å². The minimum Gasteiger partial charge on any atom is -0.444 e. The fourth-order valence-corrected chi connectivity index (χ4v) is 1.26. The summed E-state index contributed by atoms with van der Waals surface area (Å²) >= 11 is 0. The van der Waals surface area contributed by atoms with Gasteiger partial charge < -0.3 is 19.5 Å². The van der Waals surface area contributed by atoms with Crippen LogP contribution in [0.4, 0.5) is 4.79 Å². The van der Waals surface area contributed by atoms with Crippen LogP contribution in [0.3, 0.4) is 0 Å². The molecule has 0 aromatic carbocycles. The van der Waals surface area contributed by atoms with Crippen molar-refractivity contribution in [3.63, 3.8) is 0 Å². The first-order valence-corrected chi connectivity index (χ1v) is 6.26. The van der Waals surface area contributed by atoms with Crippen LogP contribution in [-0.2, 0) is 9.47 Å². The minimum atomic E-state index is -0.478. The van der Waals surface area contributed by atoms with E-state index in [1.165, 1.54) is 4.90 Å². The summed E-state index contributed by atoms with van der Waals surface area (Å²) in [6.45, 7) is 10.3. The summed E-state index contributed by atoms with van der Waals surface area (Å²) in [6.07, 6.45) is 0.350. The van der Waals surface area contributed by atoms with Gasteiger partial charge in [-0.2, -0.15) is 0 Å². The number of ether oxygens (including phenoxy) is 2. The number of carbonyl (C=O) groups is 1. The van der Waals surface area contributed by atoms with Crippen molar-refractivity contribution in [2.75, 3.05) is 26.8 Å². The van der Waals surface area contributed by atoms with Gasteiger partial charge in [0, 0.05) is 13.6 Å². The summed E-state index contributed by atoms with van der Waals surface area (Å²) in [6, 6.07) is 0. The smallest absolute Gasteiger partial charge is 0.410 e. The molecule has 0 rings (SSSR count). The Labute approximate surface area is 110 Å². The van der Waals surface area contributed by atoms with E-state index in [0.717, 1.165) is 0 Å². The van der Waals surface area contributed by atoms with Crippen molar-refractivity contribution in [1.82, 2.24) is 4.90 Å². The lowest BCUT2D eigenvalue weighted by atomic mass is 10.1. The maximum absolute atomic E-state index is 11.7. The maximum atomic E-state index is 11.7. The zero-order valence-corrected chi connectivity index (χ0v) is 12.4. The van der Waals surface area contributed by atoms with Gasteiger partial charge in [0.25, 0.3) is 0 Å². The number of carbonyl (C=O) groups excluding carboxylic acids is 1. The van der Waals surface area contributed by atoms with Crippen molar-refractivity contribution in [1.29, 1.82) is 0 Å². The number of rotatable bonds is 6. The highest BCUT2D eigenvalue weighted by Crippen LogP contribution is 2.16. The zero-order valence-electron chi connectivity index (χ0n) is 12.4. The van der Waals surface area contributed by atoms with Crippen LogP contribution in [0.15, 0.2) is 0 Å². The lowest BCUT2D eigenvalue weighted by Gasteiger charge is -2.29. The Morgan fingerprint density at radius 2 is 1.78 bits per heavy atom. The van der Waals surface area contributed by atoms with Gasteiger partial charge in [-0.05, 0) is 41.0 Å². The molecule has 0 atom stereocenters. The van der Waals surface area contributed by atoms with E-state index >= 15 is 0 Å². The Kier molecular flexibility index (Phi) is 6.63. The van der Waals surface area contributed by atoms with Crippen molar-refractivity contribution < 1.29 is 19.4 Å². The number of hydrogen-bond donors (Lipinski definition) is 1. The maximum Gasteiger partial charge on any atom is 0.410 e. The summed E-state index contributed by atoms with van der Waals surface area (Å²) in [5.41, 5.74) is -0.840. The molecule has 0 aliphatic carbocycles. The third-order valence-corrected chi connectivity index (χ3v) is 2.34. The summed E-state index contributed by atoms with van der Waals surface area (Å²) in [4.78, 5) is 13.2. The average Bonchev–Trinajstić information content (AvgIpc) is 2.21. The van der Waals surface area contributed by atoms with Crippen LogP contribution in [-0.4, -0.2) is 54.1 Å². The van der Waals surface area contributed by atoms with Crippen LogP contribution < -0.4 is 0 Å². The van der Waals surface area contributed by atoms with E-state index in [0.29, 0.717) is 19.6 Å². The minimum absolute atomic E-state index is 0.00529.